The quantitative estimate of drug-likeness (QED) is 0.860. The van der Waals surface area contributed by atoms with Crippen molar-refractivity contribution in [3.63, 3.8) is 0 Å². The van der Waals surface area contributed by atoms with Gasteiger partial charge in [0.25, 0.3) is 5.91 Å². The molecule has 1 amide bonds. The van der Waals surface area contributed by atoms with E-state index in [2.05, 4.69) is 5.32 Å². The second kappa shape index (κ2) is 5.49. The number of halogens is 1. The summed E-state index contributed by atoms with van der Waals surface area (Å²) in [7, 11) is 1.89. The molecule has 1 aromatic heterocycles. The molecule has 15 heavy (non-hydrogen) atoms. The summed E-state index contributed by atoms with van der Waals surface area (Å²) in [5.74, 6) is 0.147. The summed E-state index contributed by atoms with van der Waals surface area (Å²) in [4.78, 5) is 14.6. The third kappa shape index (κ3) is 2.71. The van der Waals surface area contributed by atoms with Crippen molar-refractivity contribution < 1.29 is 4.79 Å². The third-order valence-corrected chi connectivity index (χ3v) is 3.49. The fourth-order valence-corrected chi connectivity index (χ4v) is 2.42. The number of carbonyl (C=O) groups excluding carboxylic acids is 1. The second-order valence-electron chi connectivity index (χ2n) is 3.54. The van der Waals surface area contributed by atoms with E-state index in [1.54, 1.807) is 0 Å². The average Bonchev–Trinajstić information content (AvgIpc) is 2.87. The number of carbonyl (C=O) groups is 1. The van der Waals surface area contributed by atoms with Gasteiger partial charge in [0.2, 0.25) is 0 Å². The highest BCUT2D eigenvalue weighted by Gasteiger charge is 2.24. The van der Waals surface area contributed by atoms with Gasteiger partial charge in [-0.2, -0.15) is 0 Å². The highest BCUT2D eigenvalue weighted by molar-refractivity contribution is 7.12. The Kier molecular flexibility index (Phi) is 4.57. The highest BCUT2D eigenvalue weighted by atomic mass is 35.5. The Morgan fingerprint density at radius 2 is 2.47 bits per heavy atom. The van der Waals surface area contributed by atoms with Gasteiger partial charge in [-0.25, -0.2) is 0 Å². The molecule has 0 aliphatic carbocycles. The number of thiophene rings is 1. The first-order chi connectivity index (χ1) is 6.79. The maximum absolute atomic E-state index is 11.9. The van der Waals surface area contributed by atoms with E-state index in [0.29, 0.717) is 6.04 Å². The summed E-state index contributed by atoms with van der Waals surface area (Å²) in [5, 5.41) is 5.20. The van der Waals surface area contributed by atoms with E-state index in [9.17, 15) is 4.79 Å². The minimum absolute atomic E-state index is 0. The summed E-state index contributed by atoms with van der Waals surface area (Å²) in [5.41, 5.74) is 0. The molecule has 1 N–H and O–H groups in total. The summed E-state index contributed by atoms with van der Waals surface area (Å²) in [6.45, 7) is 1.94. The van der Waals surface area contributed by atoms with Crippen LogP contribution in [-0.2, 0) is 0 Å². The maximum Gasteiger partial charge on any atom is 0.263 e. The van der Waals surface area contributed by atoms with E-state index in [1.165, 1.54) is 11.3 Å². The normalized spacial score (nSPS) is 19.7. The van der Waals surface area contributed by atoms with E-state index < -0.39 is 0 Å². The van der Waals surface area contributed by atoms with Gasteiger partial charge in [-0.15, -0.1) is 23.7 Å². The van der Waals surface area contributed by atoms with Crippen molar-refractivity contribution in [3.05, 3.63) is 22.4 Å². The van der Waals surface area contributed by atoms with Crippen LogP contribution in [-0.4, -0.2) is 37.0 Å². The molecular weight excluding hydrogens is 232 g/mol. The van der Waals surface area contributed by atoms with Gasteiger partial charge in [-0.1, -0.05) is 6.07 Å². The van der Waals surface area contributed by atoms with Crippen molar-refractivity contribution in [1.82, 2.24) is 10.2 Å². The van der Waals surface area contributed by atoms with Gasteiger partial charge in [0.05, 0.1) is 4.88 Å². The van der Waals surface area contributed by atoms with Crippen molar-refractivity contribution in [3.8, 4) is 0 Å². The predicted octanol–water partition coefficient (Wildman–Crippen LogP) is 1.60. The molecule has 1 aliphatic heterocycles. The average molecular weight is 247 g/mol. The van der Waals surface area contributed by atoms with Crippen LogP contribution >= 0.6 is 23.7 Å². The van der Waals surface area contributed by atoms with E-state index in [4.69, 9.17) is 0 Å². The molecule has 0 saturated carbocycles. The summed E-state index contributed by atoms with van der Waals surface area (Å²) in [6.07, 6.45) is 1.06. The van der Waals surface area contributed by atoms with Crippen LogP contribution in [0.25, 0.3) is 0 Å². The largest absolute Gasteiger partial charge is 0.337 e. The maximum atomic E-state index is 11.9. The molecule has 0 bridgehead atoms. The molecule has 3 nitrogen and oxygen atoms in total. The van der Waals surface area contributed by atoms with E-state index in [-0.39, 0.29) is 18.3 Å². The lowest BCUT2D eigenvalue weighted by atomic mass is 10.2. The molecule has 1 saturated heterocycles. The molecule has 1 fully saturated rings. The van der Waals surface area contributed by atoms with Gasteiger partial charge in [-0.3, -0.25) is 4.79 Å². The molecule has 2 heterocycles. The van der Waals surface area contributed by atoms with Gasteiger partial charge < -0.3 is 10.2 Å². The first kappa shape index (κ1) is 12.5. The fraction of sp³-hybridized carbons (Fsp3) is 0.500. The van der Waals surface area contributed by atoms with E-state index >= 15 is 0 Å². The number of nitrogens with one attached hydrogen (secondary N) is 1. The van der Waals surface area contributed by atoms with Crippen LogP contribution in [0.2, 0.25) is 0 Å². The standard InChI is InChI=1S/C10H14N2OS.ClH/c1-12(8-4-5-11-7-8)10(13)9-3-2-6-14-9;/h2-3,6,8,11H,4-5,7H2,1H3;1H/t8-;/m1./s1. The topological polar surface area (TPSA) is 32.3 Å². The molecular formula is C10H15ClN2OS. The zero-order valence-corrected chi connectivity index (χ0v) is 10.2. The summed E-state index contributed by atoms with van der Waals surface area (Å²) < 4.78 is 0. The molecule has 84 valence electrons. The van der Waals surface area contributed by atoms with Gasteiger partial charge in [0, 0.05) is 19.6 Å². The number of hydrogen-bond acceptors (Lipinski definition) is 3. The van der Waals surface area contributed by atoms with Crippen LogP contribution in [0.4, 0.5) is 0 Å². The van der Waals surface area contributed by atoms with Gasteiger partial charge >= 0.3 is 0 Å². The predicted molar refractivity (Wildman–Crippen MR) is 64.9 cm³/mol. The Hall–Kier alpha value is -0.580. The lowest BCUT2D eigenvalue weighted by molar-refractivity contribution is 0.0748. The smallest absolute Gasteiger partial charge is 0.263 e. The lowest BCUT2D eigenvalue weighted by Gasteiger charge is -2.22. The van der Waals surface area contributed by atoms with Crippen LogP contribution in [0.5, 0.6) is 0 Å². The number of nitrogens with zero attached hydrogens (tertiary/aromatic N) is 1. The first-order valence-electron chi connectivity index (χ1n) is 4.80. The first-order valence-corrected chi connectivity index (χ1v) is 5.68. The Balaban J connectivity index is 0.00000112. The summed E-state index contributed by atoms with van der Waals surface area (Å²) in [6, 6.07) is 4.16. The molecule has 1 atom stereocenters. The fourth-order valence-electron chi connectivity index (χ4n) is 1.71. The highest BCUT2D eigenvalue weighted by Crippen LogP contribution is 2.15. The van der Waals surface area contributed by atoms with Gasteiger partial charge in [0.15, 0.2) is 0 Å². The zero-order valence-electron chi connectivity index (χ0n) is 8.60. The molecule has 1 aromatic rings. The zero-order chi connectivity index (χ0) is 9.97. The Bertz CT molecular complexity index is 309. The van der Waals surface area contributed by atoms with Gasteiger partial charge in [0.1, 0.15) is 0 Å². The van der Waals surface area contributed by atoms with Gasteiger partial charge in [-0.05, 0) is 24.4 Å². The second-order valence-corrected chi connectivity index (χ2v) is 4.49. The Morgan fingerprint density at radius 3 is 3.00 bits per heavy atom. The molecule has 0 spiro atoms. The molecule has 2 rings (SSSR count). The van der Waals surface area contributed by atoms with Crippen LogP contribution < -0.4 is 5.32 Å². The van der Waals surface area contributed by atoms with Crippen molar-refractivity contribution in [2.75, 3.05) is 20.1 Å². The third-order valence-electron chi connectivity index (χ3n) is 2.63. The lowest BCUT2D eigenvalue weighted by Crippen LogP contribution is -2.37. The SMILES string of the molecule is CN(C(=O)c1cccs1)[C@@H]1CCNC1.Cl. The van der Waals surface area contributed by atoms with Crippen LogP contribution in [0.15, 0.2) is 17.5 Å². The number of hydrogen-bond donors (Lipinski definition) is 1. The minimum atomic E-state index is 0. The van der Waals surface area contributed by atoms with Crippen LogP contribution in [0.3, 0.4) is 0 Å². The summed E-state index contributed by atoms with van der Waals surface area (Å²) >= 11 is 1.51. The number of likely N-dealkylation sites (N-methyl/N-ethyl adjacent to an activating group) is 1. The van der Waals surface area contributed by atoms with Crippen LogP contribution in [0.1, 0.15) is 16.1 Å². The monoisotopic (exact) mass is 246 g/mol. The molecule has 0 unspecified atom stereocenters. The van der Waals surface area contributed by atoms with E-state index in [0.717, 1.165) is 24.4 Å². The Morgan fingerprint density at radius 1 is 1.67 bits per heavy atom. The minimum Gasteiger partial charge on any atom is -0.337 e. The van der Waals surface area contributed by atoms with Crippen LogP contribution in [0, 0.1) is 0 Å². The molecule has 0 radical (unpaired) electrons. The van der Waals surface area contributed by atoms with Crippen molar-refractivity contribution in [2.45, 2.75) is 12.5 Å². The molecule has 1 aliphatic rings. The van der Waals surface area contributed by atoms with Crippen molar-refractivity contribution >= 4 is 29.7 Å². The Labute approximate surface area is 99.9 Å². The number of amides is 1. The van der Waals surface area contributed by atoms with Crippen molar-refractivity contribution in [2.24, 2.45) is 0 Å². The molecule has 0 aromatic carbocycles. The molecule has 5 heteroatoms. The van der Waals surface area contributed by atoms with Crippen molar-refractivity contribution in [1.29, 1.82) is 0 Å². The van der Waals surface area contributed by atoms with E-state index in [1.807, 2.05) is 29.5 Å². The number of rotatable bonds is 2.